The van der Waals surface area contributed by atoms with Crippen molar-refractivity contribution in [2.75, 3.05) is 11.4 Å². The van der Waals surface area contributed by atoms with Gasteiger partial charge in [0.25, 0.3) is 5.91 Å². The number of aliphatic hydroxyl groups is 1. The summed E-state index contributed by atoms with van der Waals surface area (Å²) in [5.74, 6) is -5.18. The number of aliphatic hydroxyl groups excluding tert-OH is 1. The third-order valence-corrected chi connectivity index (χ3v) is 7.81. The minimum absolute atomic E-state index is 0.000160. The Hall–Kier alpha value is -4.13. The monoisotopic (exact) mass is 573 g/mol. The number of fused-ring (bicyclic) bond motifs is 1. The van der Waals surface area contributed by atoms with Gasteiger partial charge >= 0.3 is 6.09 Å². The van der Waals surface area contributed by atoms with Crippen LogP contribution in [0.5, 0.6) is 0 Å². The second-order valence-electron chi connectivity index (χ2n) is 10.7. The summed E-state index contributed by atoms with van der Waals surface area (Å²) in [7, 11) is 0. The highest BCUT2D eigenvalue weighted by atomic mass is 19.3. The number of rotatable bonds is 6. The molecule has 1 aliphatic heterocycles. The van der Waals surface area contributed by atoms with Gasteiger partial charge in [-0.3, -0.25) is 24.4 Å². The number of aromatic nitrogens is 2. The van der Waals surface area contributed by atoms with Gasteiger partial charge in [-0.25, -0.2) is 18.0 Å². The van der Waals surface area contributed by atoms with E-state index < -0.39 is 66.7 Å². The molecule has 0 bridgehead atoms. The number of β-amino-alcohol motifs (C(OH)–C–C–N with tert-alkyl or cyclic N) is 1. The number of aryl methyl sites for hydroxylation is 1. The Bertz CT molecular complexity index is 1470. The lowest BCUT2D eigenvalue weighted by molar-refractivity contribution is -0.129. The van der Waals surface area contributed by atoms with Crippen LogP contribution in [0, 0.1) is 12.7 Å². The number of halogens is 3. The number of alkyl halides is 2. The standard InChI is InChI=1S/C28H30F3N5O5/c1-15-11-33-22-9-19(2-3-21(15)22)36(26(39)23-10-20(37)14-35(23)27(40)41)24(16-8-17(29)13-32-12-16)25(38)34-18-4-6-28(30,31)7-5-18/h2-3,8-9,11-13,18,20,23-24,33,37H,4-7,10,14H2,1H3,(H,34,38)(H,40,41). The molecule has 1 saturated heterocycles. The number of hydrogen-bond donors (Lipinski definition) is 4. The molecule has 1 aromatic carbocycles. The second-order valence-corrected chi connectivity index (χ2v) is 10.7. The lowest BCUT2D eigenvalue weighted by Crippen LogP contribution is -2.53. The number of benzene rings is 1. The predicted octanol–water partition coefficient (Wildman–Crippen LogP) is 3.89. The zero-order valence-corrected chi connectivity index (χ0v) is 22.2. The molecule has 3 aromatic rings. The van der Waals surface area contributed by atoms with E-state index >= 15 is 0 Å². The van der Waals surface area contributed by atoms with Crippen molar-refractivity contribution in [3.63, 3.8) is 0 Å². The average Bonchev–Trinajstić information content (AvgIpc) is 3.50. The quantitative estimate of drug-likeness (QED) is 0.353. The van der Waals surface area contributed by atoms with Gasteiger partial charge in [-0.2, -0.15) is 0 Å². The fraction of sp³-hybridized carbons (Fsp3) is 0.429. The summed E-state index contributed by atoms with van der Waals surface area (Å²) in [6.45, 7) is 1.58. The van der Waals surface area contributed by atoms with Crippen LogP contribution in [0.1, 0.15) is 49.3 Å². The maximum Gasteiger partial charge on any atom is 0.408 e. The summed E-state index contributed by atoms with van der Waals surface area (Å²) in [6.07, 6.45) is 0.366. The summed E-state index contributed by atoms with van der Waals surface area (Å²) < 4.78 is 42.0. The summed E-state index contributed by atoms with van der Waals surface area (Å²) in [4.78, 5) is 49.0. The lowest BCUT2D eigenvalue weighted by atomic mass is 9.91. The molecule has 2 fully saturated rings. The first-order valence-corrected chi connectivity index (χ1v) is 13.3. The van der Waals surface area contributed by atoms with Gasteiger partial charge in [-0.05, 0) is 43.5 Å². The molecule has 3 heterocycles. The van der Waals surface area contributed by atoms with Crippen LogP contribution >= 0.6 is 0 Å². The molecule has 3 amide bonds. The molecule has 3 atom stereocenters. The maximum atomic E-state index is 14.4. The van der Waals surface area contributed by atoms with Crippen molar-refractivity contribution in [3.05, 3.63) is 59.8 Å². The van der Waals surface area contributed by atoms with Crippen LogP contribution in [0.2, 0.25) is 0 Å². The Morgan fingerprint density at radius 3 is 2.61 bits per heavy atom. The fourth-order valence-electron chi connectivity index (χ4n) is 5.69. The minimum Gasteiger partial charge on any atom is -0.465 e. The molecule has 218 valence electrons. The number of nitrogens with zero attached hydrogens (tertiary/aromatic N) is 3. The molecule has 13 heteroatoms. The number of likely N-dealkylation sites (tertiary alicyclic amines) is 1. The van der Waals surface area contributed by atoms with Crippen LogP contribution in [0.15, 0.2) is 42.9 Å². The van der Waals surface area contributed by atoms with Gasteiger partial charge in [-0.15, -0.1) is 0 Å². The van der Waals surface area contributed by atoms with Crippen molar-refractivity contribution < 1.29 is 37.8 Å². The fourth-order valence-corrected chi connectivity index (χ4v) is 5.69. The van der Waals surface area contributed by atoms with Crippen LogP contribution in [-0.2, 0) is 9.59 Å². The number of H-pyrrole nitrogens is 1. The Labute approximate surface area is 233 Å². The number of pyridine rings is 1. The zero-order valence-electron chi connectivity index (χ0n) is 22.2. The van der Waals surface area contributed by atoms with E-state index in [1.165, 1.54) is 6.20 Å². The van der Waals surface area contributed by atoms with E-state index in [1.807, 2.05) is 6.92 Å². The first-order chi connectivity index (χ1) is 19.4. The largest absolute Gasteiger partial charge is 0.465 e. The summed E-state index contributed by atoms with van der Waals surface area (Å²) in [5.41, 5.74) is 1.76. The van der Waals surface area contributed by atoms with Crippen molar-refractivity contribution >= 4 is 34.5 Å². The van der Waals surface area contributed by atoms with Crippen LogP contribution < -0.4 is 10.2 Å². The molecular weight excluding hydrogens is 543 g/mol. The summed E-state index contributed by atoms with van der Waals surface area (Å²) in [6, 6.07) is 2.50. The molecule has 0 radical (unpaired) electrons. The van der Waals surface area contributed by atoms with Gasteiger partial charge in [-0.1, -0.05) is 6.07 Å². The third kappa shape index (κ3) is 5.85. The smallest absolute Gasteiger partial charge is 0.408 e. The number of hydrogen-bond acceptors (Lipinski definition) is 5. The molecule has 4 N–H and O–H groups in total. The average molecular weight is 574 g/mol. The minimum atomic E-state index is -2.83. The number of nitrogens with one attached hydrogen (secondary N) is 2. The topological polar surface area (TPSA) is 139 Å². The SMILES string of the molecule is Cc1c[nH]c2cc(N(C(=O)C3CC(O)CN3C(=O)O)C(C(=O)NC3CCC(F)(F)CC3)c3cncc(F)c3)ccc12. The molecule has 10 nitrogen and oxygen atoms in total. The normalized spacial score (nSPS) is 21.5. The highest BCUT2D eigenvalue weighted by Gasteiger charge is 2.45. The van der Waals surface area contributed by atoms with Crippen molar-refractivity contribution in [1.29, 1.82) is 0 Å². The van der Waals surface area contributed by atoms with Crippen LogP contribution in [0.4, 0.5) is 23.7 Å². The zero-order chi connectivity index (χ0) is 29.5. The van der Waals surface area contributed by atoms with Crippen molar-refractivity contribution in [3.8, 4) is 0 Å². The van der Waals surface area contributed by atoms with Gasteiger partial charge in [0.2, 0.25) is 11.8 Å². The van der Waals surface area contributed by atoms with E-state index in [4.69, 9.17) is 0 Å². The van der Waals surface area contributed by atoms with Crippen LogP contribution in [0.3, 0.4) is 0 Å². The number of anilines is 1. The van der Waals surface area contributed by atoms with Crippen LogP contribution in [0.25, 0.3) is 10.9 Å². The summed E-state index contributed by atoms with van der Waals surface area (Å²) >= 11 is 0. The highest BCUT2D eigenvalue weighted by Crippen LogP contribution is 2.36. The van der Waals surface area contributed by atoms with E-state index in [0.717, 1.165) is 33.0 Å². The Kier molecular flexibility index (Phi) is 7.64. The van der Waals surface area contributed by atoms with E-state index in [-0.39, 0.29) is 37.1 Å². The number of amides is 3. The number of carboxylic acid groups (broad SMARTS) is 1. The first kappa shape index (κ1) is 28.4. The lowest BCUT2D eigenvalue weighted by Gasteiger charge is -2.36. The molecule has 2 aliphatic rings. The van der Waals surface area contributed by atoms with Gasteiger partial charge in [0, 0.05) is 59.9 Å². The first-order valence-electron chi connectivity index (χ1n) is 13.3. The van der Waals surface area contributed by atoms with E-state index in [2.05, 4.69) is 15.3 Å². The van der Waals surface area contributed by atoms with Crippen molar-refractivity contribution in [2.24, 2.45) is 0 Å². The Balaban J connectivity index is 1.61. The number of carbonyl (C=O) groups is 3. The van der Waals surface area contributed by atoms with E-state index in [0.29, 0.717) is 5.52 Å². The van der Waals surface area contributed by atoms with Gasteiger partial charge in [0.15, 0.2) is 0 Å². The second kappa shape index (κ2) is 11.0. The molecule has 41 heavy (non-hydrogen) atoms. The van der Waals surface area contributed by atoms with Gasteiger partial charge < -0.3 is 20.5 Å². The molecule has 0 spiro atoms. The number of aromatic amines is 1. The molecule has 3 unspecified atom stereocenters. The predicted molar refractivity (Wildman–Crippen MR) is 142 cm³/mol. The maximum absolute atomic E-state index is 14.4. The van der Waals surface area contributed by atoms with Crippen molar-refractivity contribution in [2.45, 2.75) is 69.2 Å². The Morgan fingerprint density at radius 1 is 1.20 bits per heavy atom. The van der Waals surface area contributed by atoms with Gasteiger partial charge in [0.1, 0.15) is 17.9 Å². The van der Waals surface area contributed by atoms with E-state index in [1.54, 1.807) is 24.4 Å². The Morgan fingerprint density at radius 2 is 1.93 bits per heavy atom. The molecule has 1 aliphatic carbocycles. The number of carbonyl (C=O) groups excluding carboxylic acids is 2. The molecular formula is C28H30F3N5O5. The third-order valence-electron chi connectivity index (χ3n) is 7.81. The highest BCUT2D eigenvalue weighted by molar-refractivity contribution is 6.06. The van der Waals surface area contributed by atoms with Gasteiger partial charge in [0.05, 0.1) is 18.8 Å². The van der Waals surface area contributed by atoms with Crippen LogP contribution in [-0.4, -0.2) is 73.6 Å². The van der Waals surface area contributed by atoms with Crippen molar-refractivity contribution in [1.82, 2.24) is 20.2 Å². The molecule has 1 saturated carbocycles. The molecule has 5 rings (SSSR count). The molecule has 2 aromatic heterocycles. The summed E-state index contributed by atoms with van der Waals surface area (Å²) in [5, 5.41) is 23.6. The van der Waals surface area contributed by atoms with E-state index in [9.17, 15) is 37.8 Å².